The van der Waals surface area contributed by atoms with Gasteiger partial charge in [-0.05, 0) is 38.6 Å². The number of aliphatic carboxylic acids is 1. The highest BCUT2D eigenvalue weighted by Gasteiger charge is 2.50. The van der Waals surface area contributed by atoms with E-state index in [0.717, 1.165) is 13.1 Å². The van der Waals surface area contributed by atoms with Crippen molar-refractivity contribution in [1.82, 2.24) is 14.7 Å². The molecule has 1 aliphatic carbocycles. The van der Waals surface area contributed by atoms with E-state index in [1.807, 2.05) is 16.8 Å². The van der Waals surface area contributed by atoms with Gasteiger partial charge in [-0.25, -0.2) is 4.79 Å². The molecule has 13 heteroatoms. The van der Waals surface area contributed by atoms with Crippen molar-refractivity contribution in [3.8, 4) is 0 Å². The van der Waals surface area contributed by atoms with E-state index >= 15 is 0 Å². The lowest BCUT2D eigenvalue weighted by Gasteiger charge is -2.51. The van der Waals surface area contributed by atoms with E-state index in [0.29, 0.717) is 25.3 Å². The molecule has 0 radical (unpaired) electrons. The zero-order valence-electron chi connectivity index (χ0n) is 16.9. The maximum Gasteiger partial charge on any atom is 0.490 e. The fraction of sp³-hybridized carbons (Fsp3) is 0.833. The minimum absolute atomic E-state index is 0.0890. The van der Waals surface area contributed by atoms with Gasteiger partial charge in [0.15, 0.2) is 0 Å². The summed E-state index contributed by atoms with van der Waals surface area (Å²) in [6.45, 7) is 2.70. The van der Waals surface area contributed by atoms with Gasteiger partial charge in [-0.2, -0.15) is 26.3 Å². The Kier molecular flexibility index (Phi) is 7.49. The number of hydrogen-bond donors (Lipinski definition) is 1. The minimum Gasteiger partial charge on any atom is -0.475 e. The molecule has 0 bridgehead atoms. The van der Waals surface area contributed by atoms with Gasteiger partial charge in [0.1, 0.15) is 12.0 Å². The highest BCUT2D eigenvalue weighted by atomic mass is 19.4. The quantitative estimate of drug-likeness (QED) is 0.652. The number of amides is 2. The molecule has 3 aliphatic rings. The second kappa shape index (κ2) is 9.21. The van der Waals surface area contributed by atoms with Gasteiger partial charge in [0.05, 0.1) is 0 Å². The summed E-state index contributed by atoms with van der Waals surface area (Å²) in [6, 6.07) is 0. The van der Waals surface area contributed by atoms with Crippen molar-refractivity contribution in [3.05, 3.63) is 0 Å². The largest absolute Gasteiger partial charge is 0.490 e. The molecule has 7 nitrogen and oxygen atoms in total. The third-order valence-corrected chi connectivity index (χ3v) is 5.83. The molecule has 3 rings (SSSR count). The molecule has 0 aromatic carbocycles. The lowest BCUT2D eigenvalue weighted by atomic mass is 9.82. The molecule has 1 N–H and O–H groups in total. The number of hydrogen-bond acceptors (Lipinski definition) is 4. The van der Waals surface area contributed by atoms with Gasteiger partial charge >= 0.3 is 18.3 Å². The zero-order valence-corrected chi connectivity index (χ0v) is 16.9. The third kappa shape index (κ3) is 6.71. The smallest absolute Gasteiger partial charge is 0.475 e. The van der Waals surface area contributed by atoms with Gasteiger partial charge in [0.25, 0.3) is 0 Å². The monoisotopic (exact) mass is 461 g/mol. The standard InChI is InChI=1S/C16H24F3N3O2.C2HF3O2/c1-20-8-9-22(11-12-2-3-12)14(24)15(20)4-6-21(7-5-15)13(23)10-16(17,18)19;3-2(4,5)1(6)7/h12H,2-11H2,1H3;(H,6,7). The molecular formula is C18H25F6N3O4. The first-order valence-electron chi connectivity index (χ1n) is 9.81. The summed E-state index contributed by atoms with van der Waals surface area (Å²) in [5.41, 5.74) is -0.651. The lowest BCUT2D eigenvalue weighted by molar-refractivity contribution is -0.192. The van der Waals surface area contributed by atoms with Gasteiger partial charge in [-0.15, -0.1) is 0 Å². The van der Waals surface area contributed by atoms with E-state index in [1.165, 1.54) is 17.7 Å². The fourth-order valence-electron chi connectivity index (χ4n) is 3.84. The lowest BCUT2D eigenvalue weighted by Crippen LogP contribution is -2.68. The van der Waals surface area contributed by atoms with Gasteiger partial charge in [-0.1, -0.05) is 0 Å². The Morgan fingerprint density at radius 3 is 1.97 bits per heavy atom. The van der Waals surface area contributed by atoms with E-state index in [1.54, 1.807) is 0 Å². The molecular weight excluding hydrogens is 436 g/mol. The maximum atomic E-state index is 13.0. The molecule has 2 heterocycles. The number of piperidine rings is 1. The number of likely N-dealkylation sites (N-methyl/N-ethyl adjacent to an activating group) is 1. The van der Waals surface area contributed by atoms with Crippen molar-refractivity contribution in [2.45, 2.75) is 50.0 Å². The molecule has 1 saturated carbocycles. The van der Waals surface area contributed by atoms with Crippen molar-refractivity contribution in [2.24, 2.45) is 5.92 Å². The maximum absolute atomic E-state index is 13.0. The van der Waals surface area contributed by atoms with Crippen molar-refractivity contribution < 1.29 is 45.8 Å². The normalized spacial score (nSPS) is 22.2. The second-order valence-corrected chi connectivity index (χ2v) is 8.12. The zero-order chi connectivity index (χ0) is 23.6. The van der Waals surface area contributed by atoms with Crippen LogP contribution in [0.25, 0.3) is 0 Å². The van der Waals surface area contributed by atoms with Crippen molar-refractivity contribution in [2.75, 3.05) is 39.8 Å². The average molecular weight is 461 g/mol. The summed E-state index contributed by atoms with van der Waals surface area (Å²) in [5.74, 6) is -2.94. The van der Waals surface area contributed by atoms with Gasteiger partial charge in [0.2, 0.25) is 11.8 Å². The number of carboxylic acids is 1. The number of likely N-dealkylation sites (tertiary alicyclic amines) is 1. The Labute approximate surface area is 174 Å². The van der Waals surface area contributed by atoms with E-state index in [2.05, 4.69) is 0 Å². The molecule has 1 spiro atoms. The van der Waals surface area contributed by atoms with Crippen LogP contribution < -0.4 is 0 Å². The van der Waals surface area contributed by atoms with E-state index < -0.39 is 36.2 Å². The van der Waals surface area contributed by atoms with Crippen LogP contribution >= 0.6 is 0 Å². The van der Waals surface area contributed by atoms with Crippen LogP contribution in [-0.4, -0.2) is 95.3 Å². The molecule has 0 aromatic rings. The Morgan fingerprint density at radius 1 is 1.03 bits per heavy atom. The molecule has 2 aliphatic heterocycles. The third-order valence-electron chi connectivity index (χ3n) is 5.83. The number of carboxylic acid groups (broad SMARTS) is 1. The van der Waals surface area contributed by atoms with Gasteiger partial charge in [-0.3, -0.25) is 14.5 Å². The molecule has 31 heavy (non-hydrogen) atoms. The van der Waals surface area contributed by atoms with Crippen LogP contribution in [0.5, 0.6) is 0 Å². The topological polar surface area (TPSA) is 81.2 Å². The Bertz CT molecular complexity index is 685. The van der Waals surface area contributed by atoms with Crippen LogP contribution in [-0.2, 0) is 14.4 Å². The van der Waals surface area contributed by atoms with Crippen LogP contribution in [0, 0.1) is 5.92 Å². The highest BCUT2D eigenvalue weighted by molar-refractivity contribution is 5.88. The van der Waals surface area contributed by atoms with Crippen molar-refractivity contribution >= 4 is 17.8 Å². The molecule has 178 valence electrons. The van der Waals surface area contributed by atoms with Crippen LogP contribution in [0.2, 0.25) is 0 Å². The summed E-state index contributed by atoms with van der Waals surface area (Å²) in [6.07, 6.45) is -7.82. The number of nitrogens with zero attached hydrogens (tertiary/aromatic N) is 3. The summed E-state index contributed by atoms with van der Waals surface area (Å²) in [7, 11) is 1.90. The number of halogens is 6. The SMILES string of the molecule is CN1CCN(CC2CC2)C(=O)C12CCN(C(=O)CC(F)(F)F)CC2.O=C(O)C(F)(F)F. The number of piperazine rings is 1. The summed E-state index contributed by atoms with van der Waals surface area (Å²) < 4.78 is 68.9. The van der Waals surface area contributed by atoms with E-state index in [4.69, 9.17) is 9.90 Å². The van der Waals surface area contributed by atoms with E-state index in [9.17, 15) is 35.9 Å². The molecule has 3 fully saturated rings. The van der Waals surface area contributed by atoms with Crippen LogP contribution in [0.15, 0.2) is 0 Å². The number of rotatable bonds is 3. The summed E-state index contributed by atoms with van der Waals surface area (Å²) in [4.78, 5) is 38.8. The Hall–Kier alpha value is -2.05. The summed E-state index contributed by atoms with van der Waals surface area (Å²) >= 11 is 0. The van der Waals surface area contributed by atoms with Gasteiger partial charge in [0, 0.05) is 32.7 Å². The first-order valence-corrected chi connectivity index (χ1v) is 9.81. The molecule has 2 amide bonds. The van der Waals surface area contributed by atoms with Crippen molar-refractivity contribution in [3.63, 3.8) is 0 Å². The Morgan fingerprint density at radius 2 is 1.55 bits per heavy atom. The minimum atomic E-state index is -5.08. The number of carbonyl (C=O) groups is 3. The number of carbonyl (C=O) groups excluding carboxylic acids is 2. The molecule has 0 atom stereocenters. The molecule has 0 aromatic heterocycles. The summed E-state index contributed by atoms with van der Waals surface area (Å²) in [5, 5.41) is 7.12. The highest BCUT2D eigenvalue weighted by Crippen LogP contribution is 2.36. The Balaban J connectivity index is 0.000000423. The van der Waals surface area contributed by atoms with Crippen molar-refractivity contribution in [1.29, 1.82) is 0 Å². The molecule has 0 unspecified atom stereocenters. The van der Waals surface area contributed by atoms with Gasteiger partial charge < -0.3 is 14.9 Å². The molecule has 2 saturated heterocycles. The van der Waals surface area contributed by atoms with Crippen LogP contribution in [0.1, 0.15) is 32.1 Å². The average Bonchev–Trinajstić information content (AvgIpc) is 3.45. The first-order chi connectivity index (χ1) is 14.2. The van der Waals surface area contributed by atoms with Crippen LogP contribution in [0.4, 0.5) is 26.3 Å². The second-order valence-electron chi connectivity index (χ2n) is 8.12. The van der Waals surface area contributed by atoms with E-state index in [-0.39, 0.29) is 19.0 Å². The van der Waals surface area contributed by atoms with Crippen LogP contribution in [0.3, 0.4) is 0 Å². The predicted molar refractivity (Wildman–Crippen MR) is 94.8 cm³/mol. The number of alkyl halides is 6. The fourth-order valence-corrected chi connectivity index (χ4v) is 3.84. The first kappa shape index (κ1) is 25.2. The predicted octanol–water partition coefficient (Wildman–Crippen LogP) is 2.12.